The van der Waals surface area contributed by atoms with Gasteiger partial charge < -0.3 is 9.80 Å². The predicted octanol–water partition coefficient (Wildman–Crippen LogP) is 4.68. The van der Waals surface area contributed by atoms with Crippen LogP contribution in [0.3, 0.4) is 0 Å². The molecule has 0 bridgehead atoms. The quantitative estimate of drug-likeness (QED) is 0.521. The molecule has 2 saturated heterocycles. The fourth-order valence-electron chi connectivity index (χ4n) is 4.50. The zero-order valence-corrected chi connectivity index (χ0v) is 20.1. The summed E-state index contributed by atoms with van der Waals surface area (Å²) in [6.45, 7) is 3.42. The smallest absolute Gasteiger partial charge is 0.282 e. The summed E-state index contributed by atoms with van der Waals surface area (Å²) in [6, 6.07) is 13.4. The van der Waals surface area contributed by atoms with Gasteiger partial charge >= 0.3 is 0 Å². The van der Waals surface area contributed by atoms with Crippen LogP contribution in [0.5, 0.6) is 0 Å². The summed E-state index contributed by atoms with van der Waals surface area (Å²) in [6.07, 6.45) is 2.13. The number of rotatable bonds is 4. The summed E-state index contributed by atoms with van der Waals surface area (Å²) in [7, 11) is 0. The van der Waals surface area contributed by atoms with Crippen molar-refractivity contribution < 1.29 is 9.59 Å². The van der Waals surface area contributed by atoms with E-state index in [1.165, 1.54) is 11.3 Å². The van der Waals surface area contributed by atoms with Gasteiger partial charge in [0.15, 0.2) is 5.01 Å². The minimum absolute atomic E-state index is 0.00901. The third-order valence-electron chi connectivity index (χ3n) is 6.24. The molecule has 170 valence electrons. The molecule has 0 spiro atoms. The Bertz CT molecular complexity index is 1180. The number of aromatic nitrogens is 1. The molecule has 1 unspecified atom stereocenters. The molecule has 1 atom stereocenters. The van der Waals surface area contributed by atoms with Gasteiger partial charge in [0.05, 0.1) is 0 Å². The Balaban J connectivity index is 1.26. The average Bonchev–Trinajstić information content (AvgIpc) is 3.51. The molecule has 1 aromatic heterocycles. The van der Waals surface area contributed by atoms with E-state index in [2.05, 4.69) is 9.88 Å². The van der Waals surface area contributed by atoms with Crippen molar-refractivity contribution in [2.24, 2.45) is 0 Å². The molecule has 0 N–H and O–H groups in total. The Hall–Kier alpha value is -2.45. The number of nitrogens with zero attached hydrogens (tertiary/aromatic N) is 4. The number of carbonyl (C=O) groups is 2. The topological polar surface area (TPSA) is 56.8 Å². The van der Waals surface area contributed by atoms with E-state index in [1.54, 1.807) is 18.3 Å². The number of benzene rings is 2. The van der Waals surface area contributed by atoms with E-state index in [9.17, 15) is 9.59 Å². The van der Waals surface area contributed by atoms with Gasteiger partial charge in [-0.3, -0.25) is 14.5 Å². The number of hydrogen-bond acceptors (Lipinski definition) is 5. The van der Waals surface area contributed by atoms with Gasteiger partial charge in [-0.1, -0.05) is 35.3 Å². The maximum absolute atomic E-state index is 12.9. The van der Waals surface area contributed by atoms with Gasteiger partial charge in [-0.05, 0) is 35.9 Å². The second-order valence-electron chi connectivity index (χ2n) is 8.20. The van der Waals surface area contributed by atoms with E-state index in [0.29, 0.717) is 41.1 Å². The van der Waals surface area contributed by atoms with E-state index in [0.717, 1.165) is 29.9 Å². The largest absolute Gasteiger partial charge is 0.334 e. The zero-order valence-electron chi connectivity index (χ0n) is 17.8. The lowest BCUT2D eigenvalue weighted by Gasteiger charge is -2.37. The van der Waals surface area contributed by atoms with Crippen molar-refractivity contribution in [1.82, 2.24) is 14.8 Å². The summed E-state index contributed by atoms with van der Waals surface area (Å²) in [5, 5.41) is 3.58. The van der Waals surface area contributed by atoms with Crippen LogP contribution in [0.4, 0.5) is 5.69 Å². The summed E-state index contributed by atoms with van der Waals surface area (Å²) in [5.74, 6) is 0.0981. The fraction of sp³-hybridized carbons (Fsp3) is 0.292. The van der Waals surface area contributed by atoms with Gasteiger partial charge in [0.1, 0.15) is 0 Å². The summed E-state index contributed by atoms with van der Waals surface area (Å²) in [4.78, 5) is 35.6. The van der Waals surface area contributed by atoms with E-state index in [1.807, 2.05) is 45.5 Å². The maximum Gasteiger partial charge on any atom is 0.282 e. The predicted molar refractivity (Wildman–Crippen MR) is 132 cm³/mol. The van der Waals surface area contributed by atoms with E-state index < -0.39 is 0 Å². The Kier molecular flexibility index (Phi) is 6.38. The first kappa shape index (κ1) is 22.3. The molecule has 3 heterocycles. The Morgan fingerprint density at radius 3 is 2.64 bits per heavy atom. The summed E-state index contributed by atoms with van der Waals surface area (Å²) in [5.41, 5.74) is 2.62. The van der Waals surface area contributed by atoms with Gasteiger partial charge in [-0.2, -0.15) is 0 Å². The van der Waals surface area contributed by atoms with Crippen LogP contribution in [-0.2, 0) is 4.79 Å². The molecular weight excluding hydrogens is 479 g/mol. The molecule has 0 aliphatic carbocycles. The van der Waals surface area contributed by atoms with E-state index in [4.69, 9.17) is 23.2 Å². The first-order chi connectivity index (χ1) is 16.0. The van der Waals surface area contributed by atoms with Crippen LogP contribution in [0.25, 0.3) is 11.1 Å². The van der Waals surface area contributed by atoms with Gasteiger partial charge in [0.2, 0.25) is 5.91 Å². The van der Waals surface area contributed by atoms with Crippen molar-refractivity contribution in [3.8, 4) is 11.1 Å². The number of hydrogen-bond donors (Lipinski definition) is 0. The molecule has 2 aliphatic heterocycles. The SMILES string of the molecule is O=C(c1nccs1)N1CCN(C2CC(=O)N(c3cccc(-c4cc(Cl)ccc4Cl)c3)C2)CC1. The number of thiazole rings is 1. The van der Waals surface area contributed by atoms with Crippen molar-refractivity contribution in [2.75, 3.05) is 37.6 Å². The van der Waals surface area contributed by atoms with Crippen molar-refractivity contribution in [1.29, 1.82) is 0 Å². The van der Waals surface area contributed by atoms with Crippen LogP contribution in [0.1, 0.15) is 16.2 Å². The Labute approximate surface area is 206 Å². The van der Waals surface area contributed by atoms with Gasteiger partial charge in [-0.25, -0.2) is 4.98 Å². The summed E-state index contributed by atoms with van der Waals surface area (Å²) >= 11 is 13.9. The van der Waals surface area contributed by atoms with Crippen molar-refractivity contribution >= 4 is 52.0 Å². The minimum Gasteiger partial charge on any atom is -0.334 e. The number of anilines is 1. The number of carbonyl (C=O) groups excluding carboxylic acids is 2. The molecule has 3 aromatic rings. The Morgan fingerprint density at radius 2 is 1.88 bits per heavy atom. The first-order valence-corrected chi connectivity index (χ1v) is 12.4. The van der Waals surface area contributed by atoms with Gasteiger partial charge in [-0.15, -0.1) is 11.3 Å². The van der Waals surface area contributed by atoms with E-state index in [-0.39, 0.29) is 17.9 Å². The molecule has 0 saturated carbocycles. The standard InChI is InChI=1S/C24H22Cl2N4O2S/c25-17-4-5-21(26)20(13-17)16-2-1-3-18(12-16)30-15-19(14-22(30)31)28-7-9-29(10-8-28)24(32)23-27-6-11-33-23/h1-6,11-13,19H,7-10,14-15H2. The van der Waals surface area contributed by atoms with Crippen LogP contribution < -0.4 is 4.90 Å². The highest BCUT2D eigenvalue weighted by Crippen LogP contribution is 2.34. The number of piperazine rings is 1. The zero-order chi connectivity index (χ0) is 22.9. The second kappa shape index (κ2) is 9.43. The molecule has 33 heavy (non-hydrogen) atoms. The maximum atomic E-state index is 12.9. The monoisotopic (exact) mass is 500 g/mol. The van der Waals surface area contributed by atoms with Crippen molar-refractivity contribution in [2.45, 2.75) is 12.5 Å². The highest BCUT2D eigenvalue weighted by atomic mass is 35.5. The second-order valence-corrected chi connectivity index (χ2v) is 9.94. The third kappa shape index (κ3) is 4.64. The highest BCUT2D eigenvalue weighted by molar-refractivity contribution is 7.11. The summed E-state index contributed by atoms with van der Waals surface area (Å²) < 4.78 is 0. The average molecular weight is 501 g/mol. The molecule has 6 nitrogen and oxygen atoms in total. The molecule has 2 aliphatic rings. The third-order valence-corrected chi connectivity index (χ3v) is 7.56. The number of halogens is 2. The Morgan fingerprint density at radius 1 is 1.06 bits per heavy atom. The molecule has 2 aromatic carbocycles. The van der Waals surface area contributed by atoms with Crippen LogP contribution in [0, 0.1) is 0 Å². The van der Waals surface area contributed by atoms with Gasteiger partial charge in [0, 0.05) is 78.1 Å². The minimum atomic E-state index is -0.00901. The molecule has 5 rings (SSSR count). The van der Waals surface area contributed by atoms with Crippen LogP contribution in [-0.4, -0.2) is 65.4 Å². The highest BCUT2D eigenvalue weighted by Gasteiger charge is 2.36. The molecule has 2 fully saturated rings. The lowest BCUT2D eigenvalue weighted by molar-refractivity contribution is -0.117. The molecular formula is C24H22Cl2N4O2S. The molecule has 9 heteroatoms. The normalized spacial score (nSPS) is 19.3. The van der Waals surface area contributed by atoms with Crippen LogP contribution in [0.15, 0.2) is 54.0 Å². The first-order valence-electron chi connectivity index (χ1n) is 10.8. The van der Waals surface area contributed by atoms with Crippen LogP contribution in [0.2, 0.25) is 10.0 Å². The molecule has 2 amide bonds. The van der Waals surface area contributed by atoms with E-state index >= 15 is 0 Å². The van der Waals surface area contributed by atoms with Crippen molar-refractivity contribution in [3.63, 3.8) is 0 Å². The lowest BCUT2D eigenvalue weighted by atomic mass is 10.0. The fourth-order valence-corrected chi connectivity index (χ4v) is 5.50. The molecule has 0 radical (unpaired) electrons. The number of amides is 2. The lowest BCUT2D eigenvalue weighted by Crippen LogP contribution is -2.52. The van der Waals surface area contributed by atoms with Crippen LogP contribution >= 0.6 is 34.5 Å². The van der Waals surface area contributed by atoms with Gasteiger partial charge in [0.25, 0.3) is 5.91 Å². The van der Waals surface area contributed by atoms with Crippen molar-refractivity contribution in [3.05, 3.63) is 69.1 Å².